The minimum atomic E-state index is -0.0868. The van der Waals surface area contributed by atoms with Gasteiger partial charge in [-0.25, -0.2) is 14.5 Å². The second-order valence-electron chi connectivity index (χ2n) is 7.03. The van der Waals surface area contributed by atoms with Crippen molar-refractivity contribution < 1.29 is 4.79 Å². The van der Waals surface area contributed by atoms with Crippen molar-refractivity contribution >= 4 is 38.9 Å². The van der Waals surface area contributed by atoms with E-state index >= 15 is 0 Å². The van der Waals surface area contributed by atoms with Crippen molar-refractivity contribution in [1.82, 2.24) is 19.6 Å². The third kappa shape index (κ3) is 4.18. The van der Waals surface area contributed by atoms with E-state index in [9.17, 15) is 4.79 Å². The van der Waals surface area contributed by atoms with E-state index in [1.165, 1.54) is 6.92 Å². The summed E-state index contributed by atoms with van der Waals surface area (Å²) in [6, 6.07) is 15.6. The lowest BCUT2D eigenvalue weighted by molar-refractivity contribution is -0.114. The highest BCUT2D eigenvalue weighted by Gasteiger charge is 2.15. The first-order valence-electron chi connectivity index (χ1n) is 9.51. The van der Waals surface area contributed by atoms with E-state index in [0.29, 0.717) is 12.4 Å². The molecule has 1 amide bonds. The van der Waals surface area contributed by atoms with Crippen LogP contribution in [0, 0.1) is 13.8 Å². The summed E-state index contributed by atoms with van der Waals surface area (Å²) in [6.07, 6.45) is 0. The summed E-state index contributed by atoms with van der Waals surface area (Å²) < 4.78 is 2.84. The van der Waals surface area contributed by atoms with Crippen LogP contribution < -0.4 is 10.6 Å². The molecule has 152 valence electrons. The third-order valence-electron chi connectivity index (χ3n) is 4.66. The Morgan fingerprint density at radius 1 is 1.03 bits per heavy atom. The number of nitrogens with zero attached hydrogens (tertiary/aromatic N) is 4. The number of halogens is 1. The van der Waals surface area contributed by atoms with Crippen LogP contribution in [0.4, 0.5) is 11.5 Å². The number of aryl methyl sites for hydroxylation is 2. The Labute approximate surface area is 182 Å². The van der Waals surface area contributed by atoms with Gasteiger partial charge >= 0.3 is 0 Å². The second kappa shape index (κ2) is 8.23. The Hall–Kier alpha value is -3.26. The number of amides is 1. The van der Waals surface area contributed by atoms with E-state index in [4.69, 9.17) is 10.1 Å². The Bertz CT molecular complexity index is 1220. The van der Waals surface area contributed by atoms with Gasteiger partial charge in [-0.05, 0) is 43.7 Å². The molecule has 0 aliphatic carbocycles. The molecule has 0 aliphatic rings. The van der Waals surface area contributed by atoms with E-state index in [1.54, 1.807) is 0 Å². The molecule has 4 rings (SSSR count). The smallest absolute Gasteiger partial charge is 0.221 e. The number of nitrogens with one attached hydrogen (secondary N) is 2. The zero-order chi connectivity index (χ0) is 21.3. The minimum absolute atomic E-state index is 0.0868. The number of rotatable bonds is 5. The molecule has 2 heterocycles. The summed E-state index contributed by atoms with van der Waals surface area (Å²) >= 11 is 3.46. The zero-order valence-electron chi connectivity index (χ0n) is 16.9. The summed E-state index contributed by atoms with van der Waals surface area (Å²) in [5, 5.41) is 10.9. The number of aromatic nitrogens is 4. The molecule has 7 nitrogen and oxygen atoms in total. The fourth-order valence-electron chi connectivity index (χ4n) is 3.27. The summed E-state index contributed by atoms with van der Waals surface area (Å²) in [5.74, 6) is 2.08. The fourth-order valence-corrected chi connectivity index (χ4v) is 3.53. The number of benzene rings is 2. The predicted octanol–water partition coefficient (Wildman–Crippen LogP) is 4.74. The van der Waals surface area contributed by atoms with Gasteiger partial charge in [0.15, 0.2) is 11.6 Å². The molecule has 0 saturated heterocycles. The van der Waals surface area contributed by atoms with Crippen LogP contribution in [0.2, 0.25) is 0 Å². The SMILES string of the molecule is CC(=O)Nc1ccc(CNc2nc(-c3ccc(Br)cc3)nn3c(C)nc(C)c23)cc1. The molecule has 0 saturated carbocycles. The summed E-state index contributed by atoms with van der Waals surface area (Å²) in [7, 11) is 0. The number of carbonyl (C=O) groups excluding carboxylic acids is 1. The number of fused-ring (bicyclic) bond motifs is 1. The minimum Gasteiger partial charge on any atom is -0.364 e. The average Bonchev–Trinajstić information content (AvgIpc) is 3.01. The normalized spacial score (nSPS) is 10.9. The molecule has 0 fully saturated rings. The van der Waals surface area contributed by atoms with Crippen molar-refractivity contribution in [3.63, 3.8) is 0 Å². The van der Waals surface area contributed by atoms with Gasteiger partial charge in [-0.2, -0.15) is 0 Å². The third-order valence-corrected chi connectivity index (χ3v) is 5.19. The van der Waals surface area contributed by atoms with Crippen molar-refractivity contribution in [2.75, 3.05) is 10.6 Å². The highest BCUT2D eigenvalue weighted by molar-refractivity contribution is 9.10. The van der Waals surface area contributed by atoms with Crippen LogP contribution >= 0.6 is 15.9 Å². The van der Waals surface area contributed by atoms with Gasteiger partial charge in [-0.15, -0.1) is 5.10 Å². The van der Waals surface area contributed by atoms with Crippen LogP contribution in [0.25, 0.3) is 16.9 Å². The first-order valence-corrected chi connectivity index (χ1v) is 10.3. The van der Waals surface area contributed by atoms with Crippen molar-refractivity contribution in [3.8, 4) is 11.4 Å². The standard InChI is InChI=1S/C22H21BrN6O/c1-13-20-22(24-12-16-4-10-19(11-5-16)26-15(3)30)27-21(28-29(20)14(2)25-13)17-6-8-18(23)9-7-17/h4-11H,12H2,1-3H3,(H,26,30)(H,24,27,28). The highest BCUT2D eigenvalue weighted by atomic mass is 79.9. The van der Waals surface area contributed by atoms with Crippen LogP contribution in [0.3, 0.4) is 0 Å². The van der Waals surface area contributed by atoms with Crippen LogP contribution in [0.5, 0.6) is 0 Å². The Morgan fingerprint density at radius 3 is 2.40 bits per heavy atom. The van der Waals surface area contributed by atoms with Crippen LogP contribution in [-0.2, 0) is 11.3 Å². The molecule has 0 radical (unpaired) electrons. The quantitative estimate of drug-likeness (QED) is 0.445. The van der Waals surface area contributed by atoms with E-state index < -0.39 is 0 Å². The molecule has 2 N–H and O–H groups in total. The van der Waals surface area contributed by atoms with E-state index in [0.717, 1.165) is 44.1 Å². The number of carbonyl (C=O) groups is 1. The topological polar surface area (TPSA) is 84.2 Å². The van der Waals surface area contributed by atoms with Crippen molar-refractivity contribution in [2.24, 2.45) is 0 Å². The number of anilines is 2. The predicted molar refractivity (Wildman–Crippen MR) is 121 cm³/mol. The molecular formula is C22H21BrN6O. The summed E-state index contributed by atoms with van der Waals surface area (Å²) in [5.41, 5.74) is 4.51. The van der Waals surface area contributed by atoms with Gasteiger partial charge in [0.25, 0.3) is 0 Å². The Balaban J connectivity index is 1.67. The molecule has 0 bridgehead atoms. The monoisotopic (exact) mass is 464 g/mol. The number of hydrogen-bond donors (Lipinski definition) is 2. The molecule has 8 heteroatoms. The number of hydrogen-bond acceptors (Lipinski definition) is 5. The van der Waals surface area contributed by atoms with Crippen LogP contribution in [-0.4, -0.2) is 25.5 Å². The molecule has 0 unspecified atom stereocenters. The van der Waals surface area contributed by atoms with Gasteiger partial charge in [0.2, 0.25) is 5.91 Å². The van der Waals surface area contributed by atoms with E-state index in [2.05, 4.69) is 31.5 Å². The van der Waals surface area contributed by atoms with Gasteiger partial charge in [0.1, 0.15) is 11.3 Å². The average molecular weight is 465 g/mol. The summed E-state index contributed by atoms with van der Waals surface area (Å²) in [4.78, 5) is 20.5. The van der Waals surface area contributed by atoms with Crippen molar-refractivity contribution in [1.29, 1.82) is 0 Å². The van der Waals surface area contributed by atoms with Gasteiger partial charge in [-0.3, -0.25) is 4.79 Å². The molecule has 0 atom stereocenters. The van der Waals surface area contributed by atoms with Gasteiger partial charge in [-0.1, -0.05) is 40.2 Å². The first-order chi connectivity index (χ1) is 14.4. The van der Waals surface area contributed by atoms with Gasteiger partial charge in [0, 0.05) is 29.2 Å². The summed E-state index contributed by atoms with van der Waals surface area (Å²) in [6.45, 7) is 5.96. The number of imidazole rings is 1. The lowest BCUT2D eigenvalue weighted by Crippen LogP contribution is -2.08. The van der Waals surface area contributed by atoms with Gasteiger partial charge < -0.3 is 10.6 Å². The molecule has 4 aromatic rings. The lowest BCUT2D eigenvalue weighted by atomic mass is 10.2. The highest BCUT2D eigenvalue weighted by Crippen LogP contribution is 2.25. The first kappa shape index (κ1) is 20.0. The molecule has 2 aromatic heterocycles. The molecule has 0 aliphatic heterocycles. The largest absolute Gasteiger partial charge is 0.364 e. The van der Waals surface area contributed by atoms with E-state index in [-0.39, 0.29) is 5.91 Å². The van der Waals surface area contributed by atoms with Crippen LogP contribution in [0.15, 0.2) is 53.0 Å². The Morgan fingerprint density at radius 2 is 1.73 bits per heavy atom. The maximum atomic E-state index is 11.2. The second-order valence-corrected chi connectivity index (χ2v) is 7.94. The van der Waals surface area contributed by atoms with E-state index in [1.807, 2.05) is 66.9 Å². The van der Waals surface area contributed by atoms with Crippen molar-refractivity contribution in [2.45, 2.75) is 27.3 Å². The molecule has 30 heavy (non-hydrogen) atoms. The maximum Gasteiger partial charge on any atom is 0.221 e. The van der Waals surface area contributed by atoms with Crippen LogP contribution in [0.1, 0.15) is 24.0 Å². The fraction of sp³-hybridized carbons (Fsp3) is 0.182. The molecule has 2 aromatic carbocycles. The van der Waals surface area contributed by atoms with Crippen molar-refractivity contribution in [3.05, 3.63) is 70.1 Å². The maximum absolute atomic E-state index is 11.2. The van der Waals surface area contributed by atoms with Gasteiger partial charge in [0.05, 0.1) is 5.69 Å². The Kier molecular flexibility index (Phi) is 5.50. The molecule has 0 spiro atoms. The molecular weight excluding hydrogens is 444 g/mol. The zero-order valence-corrected chi connectivity index (χ0v) is 18.5. The lowest BCUT2D eigenvalue weighted by Gasteiger charge is -2.11.